The molecule has 1 atom stereocenters. The lowest BCUT2D eigenvalue weighted by atomic mass is 9.95. The molecule has 1 aliphatic heterocycles. The number of rotatable bonds is 6. The highest BCUT2D eigenvalue weighted by molar-refractivity contribution is 5.96. The fourth-order valence-corrected chi connectivity index (χ4v) is 3.83. The van der Waals surface area contributed by atoms with Gasteiger partial charge in [-0.2, -0.15) is 0 Å². The molecular weight excluding hydrogens is 424 g/mol. The molecule has 0 radical (unpaired) electrons. The van der Waals surface area contributed by atoms with Gasteiger partial charge in [-0.15, -0.1) is 0 Å². The number of amides is 2. The molecular formula is C24H30N4O5. The van der Waals surface area contributed by atoms with E-state index in [9.17, 15) is 9.59 Å². The van der Waals surface area contributed by atoms with Crippen LogP contribution in [0.5, 0.6) is 17.5 Å². The van der Waals surface area contributed by atoms with Crippen LogP contribution in [-0.2, 0) is 14.9 Å². The van der Waals surface area contributed by atoms with Crippen LogP contribution in [0, 0.1) is 6.92 Å². The quantitative estimate of drug-likeness (QED) is 0.671. The molecule has 33 heavy (non-hydrogen) atoms. The summed E-state index contributed by atoms with van der Waals surface area (Å²) in [6.45, 7) is 9.79. The molecule has 1 aromatic heterocycles. The number of fused-ring (bicyclic) bond motifs is 2. The van der Waals surface area contributed by atoms with E-state index < -0.39 is 17.7 Å². The van der Waals surface area contributed by atoms with Crippen LogP contribution in [0.2, 0.25) is 0 Å². The SMILES string of the molecule is CCC(NC(=O)OC(C)(C)C)C(=O)Nc1cnc(Oc2ccc(C)c3c2C2(CC2)CO3)nc1. The molecule has 2 N–H and O–H groups in total. The van der Waals surface area contributed by atoms with Gasteiger partial charge in [0.15, 0.2) is 0 Å². The Morgan fingerprint density at radius 2 is 1.91 bits per heavy atom. The number of anilines is 1. The van der Waals surface area contributed by atoms with E-state index in [0.717, 1.165) is 29.7 Å². The second kappa shape index (κ2) is 8.53. The van der Waals surface area contributed by atoms with Gasteiger partial charge in [0.1, 0.15) is 23.1 Å². The van der Waals surface area contributed by atoms with E-state index in [0.29, 0.717) is 24.5 Å². The molecule has 0 saturated heterocycles. The van der Waals surface area contributed by atoms with Crippen molar-refractivity contribution in [1.29, 1.82) is 0 Å². The molecule has 1 aromatic carbocycles. The predicted octanol–water partition coefficient (Wildman–Crippen LogP) is 4.24. The van der Waals surface area contributed by atoms with Crippen LogP contribution in [0.15, 0.2) is 24.5 Å². The third-order valence-corrected chi connectivity index (χ3v) is 5.71. The zero-order valence-corrected chi connectivity index (χ0v) is 19.7. The van der Waals surface area contributed by atoms with Gasteiger partial charge >= 0.3 is 12.1 Å². The topological polar surface area (TPSA) is 112 Å². The van der Waals surface area contributed by atoms with Crippen LogP contribution in [0.4, 0.5) is 10.5 Å². The summed E-state index contributed by atoms with van der Waals surface area (Å²) in [6.07, 6.45) is 4.86. The van der Waals surface area contributed by atoms with Gasteiger partial charge in [-0.05, 0) is 58.6 Å². The van der Waals surface area contributed by atoms with E-state index in [1.807, 2.05) is 19.1 Å². The molecule has 2 aromatic rings. The number of alkyl carbamates (subject to hydrolysis) is 1. The van der Waals surface area contributed by atoms with Gasteiger partial charge in [0.05, 0.1) is 24.7 Å². The van der Waals surface area contributed by atoms with Crippen molar-refractivity contribution >= 4 is 17.7 Å². The van der Waals surface area contributed by atoms with Crippen molar-refractivity contribution in [2.75, 3.05) is 11.9 Å². The smallest absolute Gasteiger partial charge is 0.408 e. The van der Waals surface area contributed by atoms with Crippen LogP contribution in [0.3, 0.4) is 0 Å². The van der Waals surface area contributed by atoms with Gasteiger partial charge in [0.2, 0.25) is 5.91 Å². The number of carbonyl (C=O) groups is 2. The summed E-state index contributed by atoms with van der Waals surface area (Å²) < 4.78 is 17.1. The molecule has 2 heterocycles. The minimum atomic E-state index is -0.749. The van der Waals surface area contributed by atoms with E-state index in [1.54, 1.807) is 27.7 Å². The molecule has 4 rings (SSSR count). The lowest BCUT2D eigenvalue weighted by Gasteiger charge is -2.22. The maximum atomic E-state index is 12.6. The number of aryl methyl sites for hydroxylation is 1. The maximum absolute atomic E-state index is 12.6. The van der Waals surface area contributed by atoms with E-state index >= 15 is 0 Å². The van der Waals surface area contributed by atoms with Crippen molar-refractivity contribution in [2.24, 2.45) is 0 Å². The van der Waals surface area contributed by atoms with Gasteiger partial charge in [0, 0.05) is 11.0 Å². The molecule has 2 amide bonds. The highest BCUT2D eigenvalue weighted by Gasteiger charge is 2.53. The Morgan fingerprint density at radius 1 is 1.21 bits per heavy atom. The molecule has 1 aliphatic carbocycles. The van der Waals surface area contributed by atoms with Crippen molar-refractivity contribution < 1.29 is 23.8 Å². The second-order valence-electron chi connectivity index (χ2n) is 9.61. The standard InChI is InChI=1S/C24H30N4O5/c1-6-16(28-22(30)33-23(3,4)5)20(29)27-15-11-25-21(26-12-15)32-17-8-7-14(2)19-18(17)24(9-10-24)13-31-19/h7-8,11-12,16H,6,9-10,13H2,1-5H3,(H,27,29)(H,28,30). The molecule has 1 fully saturated rings. The second-order valence-corrected chi connectivity index (χ2v) is 9.61. The highest BCUT2D eigenvalue weighted by Crippen LogP contribution is 2.59. The van der Waals surface area contributed by atoms with Crippen molar-refractivity contribution in [3.63, 3.8) is 0 Å². The molecule has 1 unspecified atom stereocenters. The van der Waals surface area contributed by atoms with Crippen molar-refractivity contribution in [1.82, 2.24) is 15.3 Å². The van der Waals surface area contributed by atoms with Gasteiger partial charge in [-0.3, -0.25) is 4.79 Å². The number of ether oxygens (including phenoxy) is 3. The Balaban J connectivity index is 1.40. The fourth-order valence-electron chi connectivity index (χ4n) is 3.83. The van der Waals surface area contributed by atoms with E-state index in [2.05, 4.69) is 20.6 Å². The largest absolute Gasteiger partial charge is 0.492 e. The summed E-state index contributed by atoms with van der Waals surface area (Å²) >= 11 is 0. The minimum Gasteiger partial charge on any atom is -0.492 e. The van der Waals surface area contributed by atoms with E-state index in [4.69, 9.17) is 14.2 Å². The normalized spacial score (nSPS) is 16.4. The summed E-state index contributed by atoms with van der Waals surface area (Å²) in [5, 5.41) is 5.29. The number of carbonyl (C=O) groups excluding carboxylic acids is 2. The Kier molecular flexibility index (Phi) is 5.90. The van der Waals surface area contributed by atoms with Gasteiger partial charge in [-0.1, -0.05) is 13.0 Å². The van der Waals surface area contributed by atoms with Crippen molar-refractivity contribution in [2.45, 2.75) is 70.9 Å². The van der Waals surface area contributed by atoms with Gasteiger partial charge in [0.25, 0.3) is 0 Å². The number of aromatic nitrogens is 2. The number of hydrogen-bond acceptors (Lipinski definition) is 7. The first-order valence-corrected chi connectivity index (χ1v) is 11.2. The maximum Gasteiger partial charge on any atom is 0.408 e. The molecule has 1 saturated carbocycles. The Labute approximate surface area is 193 Å². The zero-order chi connectivity index (χ0) is 23.8. The Morgan fingerprint density at radius 3 is 2.52 bits per heavy atom. The van der Waals surface area contributed by atoms with Crippen molar-refractivity contribution in [3.8, 4) is 17.5 Å². The lowest BCUT2D eigenvalue weighted by molar-refractivity contribution is -0.118. The summed E-state index contributed by atoms with van der Waals surface area (Å²) in [4.78, 5) is 33.0. The lowest BCUT2D eigenvalue weighted by Crippen LogP contribution is -2.45. The minimum absolute atomic E-state index is 0.0565. The molecule has 9 nitrogen and oxygen atoms in total. The van der Waals surface area contributed by atoms with Gasteiger partial charge in [-0.25, -0.2) is 14.8 Å². The molecule has 0 bridgehead atoms. The highest BCUT2D eigenvalue weighted by atomic mass is 16.6. The summed E-state index contributed by atoms with van der Waals surface area (Å²) in [5.41, 5.74) is 1.99. The Hall–Kier alpha value is -3.36. The summed E-state index contributed by atoms with van der Waals surface area (Å²) in [5.74, 6) is 1.22. The summed E-state index contributed by atoms with van der Waals surface area (Å²) in [6, 6.07) is 3.32. The Bertz CT molecular complexity index is 1060. The van der Waals surface area contributed by atoms with E-state index in [1.165, 1.54) is 12.4 Å². The number of nitrogens with zero attached hydrogens (tertiary/aromatic N) is 2. The summed E-state index contributed by atoms with van der Waals surface area (Å²) in [7, 11) is 0. The number of hydrogen-bond donors (Lipinski definition) is 2. The zero-order valence-electron chi connectivity index (χ0n) is 19.7. The molecule has 176 valence electrons. The van der Waals surface area contributed by atoms with Crippen LogP contribution in [-0.4, -0.2) is 40.2 Å². The van der Waals surface area contributed by atoms with Crippen LogP contribution < -0.4 is 20.1 Å². The predicted molar refractivity (Wildman–Crippen MR) is 122 cm³/mol. The molecule has 2 aliphatic rings. The van der Waals surface area contributed by atoms with Crippen LogP contribution in [0.25, 0.3) is 0 Å². The fraction of sp³-hybridized carbons (Fsp3) is 0.500. The van der Waals surface area contributed by atoms with Gasteiger partial charge < -0.3 is 24.8 Å². The third kappa shape index (κ3) is 5.02. The molecule has 1 spiro atoms. The third-order valence-electron chi connectivity index (χ3n) is 5.71. The monoisotopic (exact) mass is 454 g/mol. The molecule has 9 heteroatoms. The number of benzene rings is 1. The first-order valence-electron chi connectivity index (χ1n) is 11.2. The average molecular weight is 455 g/mol. The number of nitrogens with one attached hydrogen (secondary N) is 2. The van der Waals surface area contributed by atoms with Crippen LogP contribution in [0.1, 0.15) is 58.1 Å². The van der Waals surface area contributed by atoms with E-state index in [-0.39, 0.29) is 17.3 Å². The first kappa shape index (κ1) is 22.8. The van der Waals surface area contributed by atoms with Crippen LogP contribution >= 0.6 is 0 Å². The van der Waals surface area contributed by atoms with Crippen molar-refractivity contribution in [3.05, 3.63) is 35.7 Å². The average Bonchev–Trinajstić information content (AvgIpc) is 3.42. The first-order chi connectivity index (χ1) is 15.6.